The van der Waals surface area contributed by atoms with E-state index in [1.54, 1.807) is 10.9 Å². The molecule has 0 aliphatic carbocycles. The van der Waals surface area contributed by atoms with Gasteiger partial charge in [0.25, 0.3) is 0 Å². The zero-order valence-electron chi connectivity index (χ0n) is 22.2. The summed E-state index contributed by atoms with van der Waals surface area (Å²) >= 11 is 6.25. The lowest BCUT2D eigenvalue weighted by Gasteiger charge is -2.40. The molecule has 1 aliphatic rings. The summed E-state index contributed by atoms with van der Waals surface area (Å²) in [5.74, 6) is 0.0785. The van der Waals surface area contributed by atoms with Gasteiger partial charge in [0, 0.05) is 5.57 Å². The molecular weight excluding hydrogens is 486 g/mol. The number of hydrogen-bond acceptors (Lipinski definition) is 7. The Morgan fingerprint density at radius 3 is 2.24 bits per heavy atom. The second-order valence-electron chi connectivity index (χ2n) is 12.2. The van der Waals surface area contributed by atoms with Crippen molar-refractivity contribution < 1.29 is 13.6 Å². The zero-order chi connectivity index (χ0) is 25.9. The number of halogens is 1. The van der Waals surface area contributed by atoms with Gasteiger partial charge in [-0.3, -0.25) is 4.57 Å². The van der Waals surface area contributed by atoms with Gasteiger partial charge < -0.3 is 19.3 Å². The minimum Gasteiger partial charge on any atom is -0.414 e. The highest BCUT2D eigenvalue weighted by molar-refractivity contribution is 6.74. The summed E-state index contributed by atoms with van der Waals surface area (Å²) in [6, 6.07) is 0. The molecule has 2 aromatic heterocycles. The molecular formula is C23H40ClN5O3Si2. The topological polar surface area (TPSA) is 97.3 Å². The minimum absolute atomic E-state index is 0.0348. The Morgan fingerprint density at radius 2 is 1.68 bits per heavy atom. The third-order valence-electron chi connectivity index (χ3n) is 7.62. The average molecular weight is 526 g/mol. The van der Waals surface area contributed by atoms with E-state index in [4.69, 9.17) is 30.9 Å². The normalized spacial score (nSPS) is 22.7. The standard InChI is InChI=1S/C23H40ClN5O3Si2/c1-14-17(32-34(10,11)23(5,6)7)15(12-30-33(8,9)22(2,3)4)31-20(14)29-13-26-16-18(24)27-21(25)28-19(16)29/h13,15,17,20H,1,12H2,2-11H3,(H2,25,27,28)/t15-,17+,20-/m1/s1. The Hall–Kier alpha value is -1.31. The summed E-state index contributed by atoms with van der Waals surface area (Å²) in [7, 11) is -4.12. The summed E-state index contributed by atoms with van der Waals surface area (Å²) in [5, 5.41) is 0.327. The van der Waals surface area contributed by atoms with Crippen LogP contribution in [0.25, 0.3) is 11.2 Å². The van der Waals surface area contributed by atoms with Gasteiger partial charge in [-0.1, -0.05) is 59.7 Å². The van der Waals surface area contributed by atoms with Gasteiger partial charge in [-0.15, -0.1) is 0 Å². The molecule has 8 nitrogen and oxygen atoms in total. The fourth-order valence-corrected chi connectivity index (χ4v) is 5.82. The van der Waals surface area contributed by atoms with Crippen LogP contribution in [0.3, 0.4) is 0 Å². The van der Waals surface area contributed by atoms with Crippen LogP contribution in [0.5, 0.6) is 0 Å². The van der Waals surface area contributed by atoms with Crippen LogP contribution in [0.15, 0.2) is 18.5 Å². The number of anilines is 1. The predicted molar refractivity (Wildman–Crippen MR) is 143 cm³/mol. The average Bonchev–Trinajstić information content (AvgIpc) is 3.20. The van der Waals surface area contributed by atoms with E-state index >= 15 is 0 Å². The van der Waals surface area contributed by atoms with Crippen molar-refractivity contribution in [2.24, 2.45) is 0 Å². The van der Waals surface area contributed by atoms with Crippen LogP contribution < -0.4 is 5.73 Å². The summed E-state index contributed by atoms with van der Waals surface area (Å²) in [5.41, 5.74) is 7.64. The molecule has 0 radical (unpaired) electrons. The van der Waals surface area contributed by atoms with Gasteiger partial charge >= 0.3 is 0 Å². The number of nitrogens with two attached hydrogens (primary N) is 1. The molecule has 3 atom stereocenters. The van der Waals surface area contributed by atoms with E-state index in [1.165, 1.54) is 0 Å². The maximum absolute atomic E-state index is 6.86. The molecule has 1 aliphatic heterocycles. The maximum Gasteiger partial charge on any atom is 0.223 e. The smallest absolute Gasteiger partial charge is 0.223 e. The van der Waals surface area contributed by atoms with Crippen LogP contribution >= 0.6 is 11.6 Å². The van der Waals surface area contributed by atoms with E-state index in [0.29, 0.717) is 17.8 Å². The summed E-state index contributed by atoms with van der Waals surface area (Å²) < 4.78 is 21.8. The molecule has 190 valence electrons. The molecule has 2 aromatic rings. The van der Waals surface area contributed by atoms with E-state index < -0.39 is 22.9 Å². The van der Waals surface area contributed by atoms with E-state index in [9.17, 15) is 0 Å². The van der Waals surface area contributed by atoms with Gasteiger partial charge in [-0.2, -0.15) is 9.97 Å². The third kappa shape index (κ3) is 5.12. The monoisotopic (exact) mass is 525 g/mol. The molecule has 0 spiro atoms. The molecule has 0 aromatic carbocycles. The number of rotatable bonds is 6. The first-order valence-electron chi connectivity index (χ1n) is 11.7. The molecule has 11 heteroatoms. The minimum atomic E-state index is -2.13. The lowest BCUT2D eigenvalue weighted by molar-refractivity contribution is -0.0370. The van der Waals surface area contributed by atoms with Crippen LogP contribution in [0.4, 0.5) is 5.95 Å². The molecule has 1 saturated heterocycles. The first-order valence-corrected chi connectivity index (χ1v) is 17.9. The van der Waals surface area contributed by atoms with E-state index in [-0.39, 0.29) is 33.4 Å². The second-order valence-corrected chi connectivity index (χ2v) is 22.1. The molecule has 0 saturated carbocycles. The van der Waals surface area contributed by atoms with Gasteiger partial charge in [0.2, 0.25) is 5.95 Å². The van der Waals surface area contributed by atoms with Crippen molar-refractivity contribution >= 4 is 45.3 Å². The lowest BCUT2D eigenvalue weighted by atomic mass is 10.1. The Kier molecular flexibility index (Phi) is 7.20. The SMILES string of the molecule is C=C1[C@H](n2cnc3c(Cl)nc(N)nc32)O[C@H](CO[Si](C)(C)C(C)(C)C)[C@H]1O[Si](C)(C)C(C)(C)C. The summed E-state index contributed by atoms with van der Waals surface area (Å²) in [6.07, 6.45) is 0.481. The van der Waals surface area contributed by atoms with Crippen LogP contribution in [0.1, 0.15) is 47.8 Å². The number of nitrogens with zero attached hydrogens (tertiary/aromatic N) is 4. The molecule has 0 unspecified atom stereocenters. The van der Waals surface area contributed by atoms with Crippen molar-refractivity contribution in [3.05, 3.63) is 23.6 Å². The van der Waals surface area contributed by atoms with Crippen molar-refractivity contribution in [3.8, 4) is 0 Å². The molecule has 0 amide bonds. The lowest BCUT2D eigenvalue weighted by Crippen LogP contribution is -2.48. The Balaban J connectivity index is 1.98. The first-order chi connectivity index (χ1) is 15.4. The quantitative estimate of drug-likeness (QED) is 0.283. The second kappa shape index (κ2) is 8.97. The van der Waals surface area contributed by atoms with Crippen LogP contribution in [0.2, 0.25) is 41.4 Å². The fraction of sp³-hybridized carbons (Fsp3) is 0.696. The van der Waals surface area contributed by atoms with E-state index in [0.717, 1.165) is 5.57 Å². The highest BCUT2D eigenvalue weighted by Crippen LogP contribution is 2.44. The molecule has 3 rings (SSSR count). The Labute approximate surface area is 210 Å². The van der Waals surface area contributed by atoms with Crippen LogP contribution in [-0.4, -0.2) is 55.0 Å². The third-order valence-corrected chi connectivity index (χ3v) is 16.8. The van der Waals surface area contributed by atoms with Crippen LogP contribution in [0, 0.1) is 0 Å². The van der Waals surface area contributed by atoms with Crippen molar-refractivity contribution in [1.82, 2.24) is 19.5 Å². The van der Waals surface area contributed by atoms with E-state index in [1.807, 2.05) is 0 Å². The maximum atomic E-state index is 6.86. The number of hydrogen-bond donors (Lipinski definition) is 1. The number of nitrogen functional groups attached to an aromatic ring is 1. The van der Waals surface area contributed by atoms with Crippen molar-refractivity contribution in [2.45, 2.75) is 96.2 Å². The van der Waals surface area contributed by atoms with Gasteiger partial charge in [0.1, 0.15) is 11.6 Å². The summed E-state index contributed by atoms with van der Waals surface area (Å²) in [6.45, 7) is 27.1. The molecule has 0 bridgehead atoms. The van der Waals surface area contributed by atoms with Gasteiger partial charge in [-0.25, -0.2) is 4.98 Å². The van der Waals surface area contributed by atoms with Gasteiger partial charge in [0.05, 0.1) is 19.0 Å². The Bertz CT molecular complexity index is 1070. The number of aromatic nitrogens is 4. The van der Waals surface area contributed by atoms with Crippen molar-refractivity contribution in [1.29, 1.82) is 0 Å². The molecule has 2 N–H and O–H groups in total. The number of ether oxygens (including phenoxy) is 1. The highest BCUT2D eigenvalue weighted by Gasteiger charge is 2.48. The molecule has 3 heterocycles. The van der Waals surface area contributed by atoms with Crippen molar-refractivity contribution in [2.75, 3.05) is 12.3 Å². The number of fused-ring (bicyclic) bond motifs is 1. The molecule has 1 fully saturated rings. The largest absolute Gasteiger partial charge is 0.414 e. The first kappa shape index (κ1) is 27.3. The van der Waals surface area contributed by atoms with Gasteiger partial charge in [-0.05, 0) is 36.3 Å². The highest BCUT2D eigenvalue weighted by atomic mass is 35.5. The summed E-state index contributed by atoms with van der Waals surface area (Å²) in [4.78, 5) is 12.8. The fourth-order valence-electron chi connectivity index (χ4n) is 3.30. The van der Waals surface area contributed by atoms with Gasteiger partial charge in [0.15, 0.2) is 33.7 Å². The van der Waals surface area contributed by atoms with Crippen LogP contribution in [-0.2, 0) is 13.6 Å². The van der Waals surface area contributed by atoms with E-state index in [2.05, 4.69) is 89.3 Å². The number of imidazole rings is 1. The predicted octanol–water partition coefficient (Wildman–Crippen LogP) is 5.93. The molecule has 34 heavy (non-hydrogen) atoms. The Morgan fingerprint density at radius 1 is 1.09 bits per heavy atom. The van der Waals surface area contributed by atoms with Crippen molar-refractivity contribution in [3.63, 3.8) is 0 Å². The zero-order valence-corrected chi connectivity index (χ0v) is 24.9.